The second-order valence-electron chi connectivity index (χ2n) is 5.33. The predicted octanol–water partition coefficient (Wildman–Crippen LogP) is 2.56. The summed E-state index contributed by atoms with van der Waals surface area (Å²) in [5.41, 5.74) is 5.57. The number of hydrogen-bond acceptors (Lipinski definition) is 3. The molecule has 0 saturated heterocycles. The molecule has 0 fully saturated rings. The third kappa shape index (κ3) is 3.06. The van der Waals surface area contributed by atoms with Crippen LogP contribution in [0.3, 0.4) is 0 Å². The molecule has 0 spiro atoms. The second-order valence-corrected chi connectivity index (χ2v) is 5.33. The van der Waals surface area contributed by atoms with Gasteiger partial charge in [0.2, 0.25) is 0 Å². The Kier molecular flexibility index (Phi) is 3.67. The van der Waals surface area contributed by atoms with E-state index in [9.17, 15) is 0 Å². The Bertz CT molecular complexity index is 534. The van der Waals surface area contributed by atoms with Gasteiger partial charge in [0.15, 0.2) is 0 Å². The van der Waals surface area contributed by atoms with Gasteiger partial charge < -0.3 is 9.73 Å². The van der Waals surface area contributed by atoms with Crippen molar-refractivity contribution in [3.8, 4) is 0 Å². The Morgan fingerprint density at radius 3 is 2.89 bits per heavy atom. The molecule has 19 heavy (non-hydrogen) atoms. The first-order valence-electron chi connectivity index (χ1n) is 6.82. The lowest BCUT2D eigenvalue weighted by molar-refractivity contribution is 0.317. The van der Waals surface area contributed by atoms with E-state index in [1.54, 1.807) is 6.26 Å². The highest BCUT2D eigenvalue weighted by Gasteiger charge is 2.10. The Hall–Kier alpha value is -1.58. The summed E-state index contributed by atoms with van der Waals surface area (Å²) in [4.78, 5) is 2.31. The standard InChI is InChI=1S/C16H20N2O/c1-18(11-14-5-7-19-12-14)10-13-2-3-15-4-6-17-9-16(15)8-13/h2-3,5,7-8,12,17H,4,6,9-11H2,1H3. The molecular formula is C16H20N2O. The van der Waals surface area contributed by atoms with Crippen LogP contribution >= 0.6 is 0 Å². The van der Waals surface area contributed by atoms with Gasteiger partial charge in [0.25, 0.3) is 0 Å². The lowest BCUT2D eigenvalue weighted by Crippen LogP contribution is -2.24. The number of benzene rings is 1. The SMILES string of the molecule is CN(Cc1ccoc1)Cc1ccc2c(c1)CNCC2. The Morgan fingerprint density at radius 2 is 2.05 bits per heavy atom. The smallest absolute Gasteiger partial charge is 0.0947 e. The normalized spacial score (nSPS) is 14.6. The molecule has 0 amide bonds. The first-order valence-corrected chi connectivity index (χ1v) is 6.82. The van der Waals surface area contributed by atoms with Crippen LogP contribution in [0, 0.1) is 0 Å². The highest BCUT2D eigenvalue weighted by Crippen LogP contribution is 2.17. The molecule has 0 unspecified atom stereocenters. The first-order chi connectivity index (χ1) is 9.31. The van der Waals surface area contributed by atoms with Gasteiger partial charge in [-0.25, -0.2) is 0 Å². The zero-order chi connectivity index (χ0) is 13.1. The molecule has 100 valence electrons. The average molecular weight is 256 g/mol. The minimum atomic E-state index is 0.922. The second kappa shape index (κ2) is 5.59. The van der Waals surface area contributed by atoms with Crippen molar-refractivity contribution in [2.75, 3.05) is 13.6 Å². The number of hydrogen-bond donors (Lipinski definition) is 1. The van der Waals surface area contributed by atoms with Crippen molar-refractivity contribution >= 4 is 0 Å². The zero-order valence-corrected chi connectivity index (χ0v) is 11.4. The fraction of sp³-hybridized carbons (Fsp3) is 0.375. The highest BCUT2D eigenvalue weighted by molar-refractivity contribution is 5.33. The Morgan fingerprint density at radius 1 is 1.16 bits per heavy atom. The maximum absolute atomic E-state index is 5.11. The van der Waals surface area contributed by atoms with Gasteiger partial charge in [0, 0.05) is 25.2 Å². The third-order valence-electron chi connectivity index (χ3n) is 3.64. The van der Waals surface area contributed by atoms with E-state index < -0.39 is 0 Å². The largest absolute Gasteiger partial charge is 0.472 e. The van der Waals surface area contributed by atoms with E-state index >= 15 is 0 Å². The lowest BCUT2D eigenvalue weighted by Gasteiger charge is -2.20. The summed E-state index contributed by atoms with van der Waals surface area (Å²) in [5, 5.41) is 3.43. The Balaban J connectivity index is 1.66. The molecule has 0 saturated carbocycles. The van der Waals surface area contributed by atoms with E-state index in [2.05, 4.69) is 35.5 Å². The van der Waals surface area contributed by atoms with Gasteiger partial charge in [-0.2, -0.15) is 0 Å². The van der Waals surface area contributed by atoms with Gasteiger partial charge in [-0.05, 0) is 42.8 Å². The molecule has 1 aromatic carbocycles. The third-order valence-corrected chi connectivity index (χ3v) is 3.64. The molecule has 1 N–H and O–H groups in total. The molecule has 2 aromatic rings. The van der Waals surface area contributed by atoms with Crippen LogP contribution in [0.5, 0.6) is 0 Å². The van der Waals surface area contributed by atoms with Gasteiger partial charge in [0.05, 0.1) is 12.5 Å². The van der Waals surface area contributed by atoms with E-state index in [1.807, 2.05) is 12.3 Å². The van der Waals surface area contributed by atoms with Gasteiger partial charge in [-0.15, -0.1) is 0 Å². The molecular weight excluding hydrogens is 236 g/mol. The molecule has 0 bridgehead atoms. The average Bonchev–Trinajstić information content (AvgIpc) is 2.91. The first kappa shape index (κ1) is 12.5. The minimum absolute atomic E-state index is 0.922. The fourth-order valence-corrected chi connectivity index (χ4v) is 2.69. The summed E-state index contributed by atoms with van der Waals surface area (Å²) in [6, 6.07) is 8.91. The van der Waals surface area contributed by atoms with Crippen LogP contribution in [0.2, 0.25) is 0 Å². The van der Waals surface area contributed by atoms with Crippen molar-refractivity contribution in [3.05, 3.63) is 59.0 Å². The number of furan rings is 1. The number of fused-ring (bicyclic) bond motifs is 1. The molecule has 0 atom stereocenters. The van der Waals surface area contributed by atoms with Crippen LogP contribution in [0.25, 0.3) is 0 Å². The number of nitrogens with one attached hydrogen (secondary N) is 1. The summed E-state index contributed by atoms with van der Waals surface area (Å²) < 4.78 is 5.11. The summed E-state index contributed by atoms with van der Waals surface area (Å²) >= 11 is 0. The number of rotatable bonds is 4. The Labute approximate surface area is 114 Å². The molecule has 1 aromatic heterocycles. The van der Waals surface area contributed by atoms with Crippen molar-refractivity contribution in [2.45, 2.75) is 26.1 Å². The summed E-state index contributed by atoms with van der Waals surface area (Å²) in [6.45, 7) is 4.01. The van der Waals surface area contributed by atoms with Gasteiger partial charge in [-0.3, -0.25) is 4.90 Å². The lowest BCUT2D eigenvalue weighted by atomic mass is 9.98. The molecule has 3 nitrogen and oxygen atoms in total. The summed E-state index contributed by atoms with van der Waals surface area (Å²) in [6.07, 6.45) is 4.70. The van der Waals surface area contributed by atoms with Crippen molar-refractivity contribution in [1.82, 2.24) is 10.2 Å². The van der Waals surface area contributed by atoms with Crippen molar-refractivity contribution in [1.29, 1.82) is 0 Å². The molecule has 2 heterocycles. The number of nitrogens with zero attached hydrogens (tertiary/aromatic N) is 1. The van der Waals surface area contributed by atoms with Gasteiger partial charge in [-0.1, -0.05) is 18.2 Å². The van der Waals surface area contributed by atoms with E-state index in [0.29, 0.717) is 0 Å². The topological polar surface area (TPSA) is 28.4 Å². The predicted molar refractivity (Wildman–Crippen MR) is 75.7 cm³/mol. The van der Waals surface area contributed by atoms with Gasteiger partial charge >= 0.3 is 0 Å². The van der Waals surface area contributed by atoms with Crippen molar-refractivity contribution < 1.29 is 4.42 Å². The maximum Gasteiger partial charge on any atom is 0.0947 e. The van der Waals surface area contributed by atoms with Crippen LogP contribution in [-0.4, -0.2) is 18.5 Å². The summed E-state index contributed by atoms with van der Waals surface area (Å²) in [7, 11) is 2.14. The zero-order valence-electron chi connectivity index (χ0n) is 11.4. The summed E-state index contributed by atoms with van der Waals surface area (Å²) in [5.74, 6) is 0. The monoisotopic (exact) mass is 256 g/mol. The van der Waals surface area contributed by atoms with Crippen LogP contribution in [0.1, 0.15) is 22.3 Å². The van der Waals surface area contributed by atoms with E-state index in [0.717, 1.165) is 32.6 Å². The highest BCUT2D eigenvalue weighted by atomic mass is 16.3. The van der Waals surface area contributed by atoms with Gasteiger partial charge in [0.1, 0.15) is 0 Å². The quantitative estimate of drug-likeness (QED) is 0.911. The molecule has 0 aliphatic carbocycles. The molecule has 3 rings (SSSR count). The van der Waals surface area contributed by atoms with Crippen molar-refractivity contribution in [2.24, 2.45) is 0 Å². The van der Waals surface area contributed by atoms with Crippen LogP contribution in [0.4, 0.5) is 0 Å². The fourth-order valence-electron chi connectivity index (χ4n) is 2.69. The van der Waals surface area contributed by atoms with Crippen LogP contribution in [-0.2, 0) is 26.1 Å². The molecule has 1 aliphatic rings. The minimum Gasteiger partial charge on any atom is -0.472 e. The van der Waals surface area contributed by atoms with Crippen molar-refractivity contribution in [3.63, 3.8) is 0 Å². The van der Waals surface area contributed by atoms with E-state index in [-0.39, 0.29) is 0 Å². The maximum atomic E-state index is 5.11. The van der Waals surface area contributed by atoms with E-state index in [4.69, 9.17) is 4.42 Å². The van der Waals surface area contributed by atoms with E-state index in [1.165, 1.54) is 22.3 Å². The molecule has 1 aliphatic heterocycles. The van der Waals surface area contributed by atoms with Crippen LogP contribution < -0.4 is 5.32 Å². The van der Waals surface area contributed by atoms with Crippen LogP contribution in [0.15, 0.2) is 41.2 Å². The molecule has 3 heteroatoms. The molecule has 0 radical (unpaired) electrons.